The van der Waals surface area contributed by atoms with Gasteiger partial charge in [0.1, 0.15) is 10.7 Å². The van der Waals surface area contributed by atoms with E-state index in [1.165, 1.54) is 11.3 Å². The fourth-order valence-electron chi connectivity index (χ4n) is 1.10. The van der Waals surface area contributed by atoms with E-state index in [-0.39, 0.29) is 12.5 Å². The first-order valence-corrected chi connectivity index (χ1v) is 7.42. The molecule has 1 aromatic rings. The summed E-state index contributed by atoms with van der Waals surface area (Å²) in [6, 6.07) is 0. The smallest absolute Gasteiger partial charge is 0.270 e. The number of rotatable bonds is 8. The number of nitrogens with zero attached hydrogens (tertiary/aromatic N) is 1. The molecule has 0 saturated heterocycles. The maximum absolute atomic E-state index is 11.6. The van der Waals surface area contributed by atoms with Gasteiger partial charge in [0.2, 0.25) is 0 Å². The van der Waals surface area contributed by atoms with Crippen molar-refractivity contribution >= 4 is 29.0 Å². The lowest BCUT2D eigenvalue weighted by Crippen LogP contribution is -2.26. The minimum absolute atomic E-state index is 0.149. The highest BCUT2D eigenvalue weighted by Gasteiger charge is 2.08. The molecule has 0 saturated carbocycles. The van der Waals surface area contributed by atoms with Gasteiger partial charge >= 0.3 is 0 Å². The van der Waals surface area contributed by atoms with Crippen LogP contribution in [0.2, 0.25) is 0 Å². The normalized spacial score (nSPS) is 10.5. The van der Waals surface area contributed by atoms with Gasteiger partial charge in [0.15, 0.2) is 0 Å². The number of carbonyl (C=O) groups is 1. The van der Waals surface area contributed by atoms with E-state index in [9.17, 15) is 4.79 Å². The minimum atomic E-state index is -0.149. The number of thioether (sulfide) groups is 1. The molecular formula is C10H17N3O2S2. The molecule has 0 atom stereocenters. The van der Waals surface area contributed by atoms with E-state index in [1.54, 1.807) is 17.1 Å². The Labute approximate surface area is 109 Å². The van der Waals surface area contributed by atoms with E-state index in [0.717, 1.165) is 22.9 Å². The summed E-state index contributed by atoms with van der Waals surface area (Å²) in [6.45, 7) is 1.21. The van der Waals surface area contributed by atoms with E-state index < -0.39 is 0 Å². The van der Waals surface area contributed by atoms with Crippen LogP contribution in [-0.2, 0) is 6.54 Å². The van der Waals surface area contributed by atoms with Crippen LogP contribution >= 0.6 is 23.1 Å². The second-order valence-electron chi connectivity index (χ2n) is 3.28. The predicted octanol–water partition coefficient (Wildman–Crippen LogP) is 0.447. The summed E-state index contributed by atoms with van der Waals surface area (Å²) in [6.07, 6.45) is 0.796. The number of nitrogens with two attached hydrogens (primary N) is 1. The molecular weight excluding hydrogens is 258 g/mol. The van der Waals surface area contributed by atoms with Crippen molar-refractivity contribution in [3.05, 3.63) is 16.1 Å². The van der Waals surface area contributed by atoms with Crippen LogP contribution in [0.5, 0.6) is 0 Å². The zero-order chi connectivity index (χ0) is 12.5. The molecule has 0 aliphatic heterocycles. The topological polar surface area (TPSA) is 88.2 Å². The molecule has 1 aromatic heterocycles. The van der Waals surface area contributed by atoms with Crippen molar-refractivity contribution in [2.75, 3.05) is 24.7 Å². The number of thiazole rings is 1. The Kier molecular flexibility index (Phi) is 7.18. The van der Waals surface area contributed by atoms with Crippen LogP contribution in [0.25, 0.3) is 0 Å². The molecule has 0 unspecified atom stereocenters. The Balaban J connectivity index is 2.16. The lowest BCUT2D eigenvalue weighted by atomic mass is 10.4. The van der Waals surface area contributed by atoms with Crippen molar-refractivity contribution in [2.45, 2.75) is 13.0 Å². The van der Waals surface area contributed by atoms with Gasteiger partial charge in [0.05, 0.1) is 0 Å². The Morgan fingerprint density at radius 1 is 1.59 bits per heavy atom. The molecule has 7 heteroatoms. The maximum atomic E-state index is 11.6. The Morgan fingerprint density at radius 2 is 2.41 bits per heavy atom. The molecule has 0 aromatic carbocycles. The molecule has 1 heterocycles. The van der Waals surface area contributed by atoms with Crippen LogP contribution < -0.4 is 11.1 Å². The minimum Gasteiger partial charge on any atom is -0.396 e. The van der Waals surface area contributed by atoms with Gasteiger partial charge in [-0.1, -0.05) is 0 Å². The number of aliphatic hydroxyl groups is 1. The molecule has 1 rings (SSSR count). The van der Waals surface area contributed by atoms with Crippen LogP contribution in [0.3, 0.4) is 0 Å². The number of hydrogen-bond donors (Lipinski definition) is 3. The summed E-state index contributed by atoms with van der Waals surface area (Å²) in [5.74, 6) is 1.61. The molecule has 0 bridgehead atoms. The predicted molar refractivity (Wildman–Crippen MR) is 71.4 cm³/mol. The Bertz CT molecular complexity index is 344. The van der Waals surface area contributed by atoms with Gasteiger partial charge in [0, 0.05) is 30.8 Å². The molecule has 0 spiro atoms. The van der Waals surface area contributed by atoms with Crippen LogP contribution in [-0.4, -0.2) is 40.7 Å². The third-order valence-corrected chi connectivity index (χ3v) is 3.88. The summed E-state index contributed by atoms with van der Waals surface area (Å²) in [4.78, 5) is 15.7. The van der Waals surface area contributed by atoms with Crippen LogP contribution in [0, 0.1) is 0 Å². The Morgan fingerprint density at radius 3 is 3.06 bits per heavy atom. The number of aliphatic hydroxyl groups excluding tert-OH is 1. The van der Waals surface area contributed by atoms with Crippen LogP contribution in [0.15, 0.2) is 5.38 Å². The third-order valence-electron chi connectivity index (χ3n) is 1.94. The average Bonchev–Trinajstić information content (AvgIpc) is 2.82. The molecule has 5 nitrogen and oxygen atoms in total. The number of amides is 1. The number of aromatic nitrogens is 1. The maximum Gasteiger partial charge on any atom is 0.270 e. The molecule has 1 amide bonds. The third kappa shape index (κ3) is 5.49. The van der Waals surface area contributed by atoms with Crippen molar-refractivity contribution in [1.29, 1.82) is 0 Å². The van der Waals surface area contributed by atoms with Crippen LogP contribution in [0.1, 0.15) is 21.9 Å². The van der Waals surface area contributed by atoms with Crippen molar-refractivity contribution in [2.24, 2.45) is 5.73 Å². The van der Waals surface area contributed by atoms with Crippen molar-refractivity contribution in [1.82, 2.24) is 10.3 Å². The number of nitrogens with one attached hydrogen (secondary N) is 1. The molecule has 0 aliphatic rings. The molecule has 96 valence electrons. The van der Waals surface area contributed by atoms with E-state index in [0.29, 0.717) is 18.8 Å². The summed E-state index contributed by atoms with van der Waals surface area (Å²) >= 11 is 3.11. The monoisotopic (exact) mass is 275 g/mol. The first-order valence-electron chi connectivity index (χ1n) is 5.39. The van der Waals surface area contributed by atoms with Gasteiger partial charge in [-0.3, -0.25) is 4.79 Å². The van der Waals surface area contributed by atoms with E-state index in [1.807, 2.05) is 0 Å². The number of hydrogen-bond acceptors (Lipinski definition) is 6. The summed E-state index contributed by atoms with van der Waals surface area (Å²) in [5.41, 5.74) is 5.86. The van der Waals surface area contributed by atoms with E-state index in [2.05, 4.69) is 10.3 Å². The Hall–Kier alpha value is -0.630. The van der Waals surface area contributed by atoms with E-state index in [4.69, 9.17) is 10.8 Å². The lowest BCUT2D eigenvalue weighted by Gasteiger charge is -2.02. The largest absolute Gasteiger partial charge is 0.396 e. The highest BCUT2D eigenvalue weighted by atomic mass is 32.2. The second-order valence-corrected chi connectivity index (χ2v) is 5.44. The van der Waals surface area contributed by atoms with Crippen LogP contribution in [0.4, 0.5) is 0 Å². The van der Waals surface area contributed by atoms with Gasteiger partial charge in [0.25, 0.3) is 5.91 Å². The SMILES string of the molecule is NCc1nc(C(=O)NCCSCCCO)cs1. The van der Waals surface area contributed by atoms with Crippen molar-refractivity contribution in [3.63, 3.8) is 0 Å². The molecule has 0 aliphatic carbocycles. The lowest BCUT2D eigenvalue weighted by molar-refractivity contribution is 0.0951. The number of carbonyl (C=O) groups excluding carboxylic acids is 1. The summed E-state index contributed by atoms with van der Waals surface area (Å²) < 4.78 is 0. The standard InChI is InChI=1S/C10H17N3O2S2/c11-6-9-13-8(7-17-9)10(15)12-2-5-16-4-1-3-14/h7,14H,1-6,11H2,(H,12,15). The van der Waals surface area contributed by atoms with Crippen molar-refractivity contribution in [3.8, 4) is 0 Å². The van der Waals surface area contributed by atoms with Gasteiger partial charge in [-0.25, -0.2) is 4.98 Å². The van der Waals surface area contributed by atoms with Gasteiger partial charge in [-0.15, -0.1) is 11.3 Å². The highest BCUT2D eigenvalue weighted by Crippen LogP contribution is 2.08. The van der Waals surface area contributed by atoms with Crippen molar-refractivity contribution < 1.29 is 9.90 Å². The quantitative estimate of drug-likeness (QED) is 0.599. The fraction of sp³-hybridized carbons (Fsp3) is 0.600. The zero-order valence-corrected chi connectivity index (χ0v) is 11.1. The summed E-state index contributed by atoms with van der Waals surface area (Å²) in [5, 5.41) is 13.9. The molecule has 0 radical (unpaired) electrons. The van der Waals surface area contributed by atoms with Gasteiger partial charge in [-0.05, 0) is 12.2 Å². The molecule has 0 fully saturated rings. The highest BCUT2D eigenvalue weighted by molar-refractivity contribution is 7.99. The average molecular weight is 275 g/mol. The molecule has 17 heavy (non-hydrogen) atoms. The second kappa shape index (κ2) is 8.46. The van der Waals surface area contributed by atoms with Gasteiger partial charge in [-0.2, -0.15) is 11.8 Å². The zero-order valence-electron chi connectivity index (χ0n) is 9.52. The fourth-order valence-corrected chi connectivity index (χ4v) is 2.54. The molecule has 4 N–H and O–H groups in total. The van der Waals surface area contributed by atoms with Gasteiger partial charge < -0.3 is 16.2 Å². The first-order chi connectivity index (χ1) is 8.27. The summed E-state index contributed by atoms with van der Waals surface area (Å²) in [7, 11) is 0. The first kappa shape index (κ1) is 14.4. The van der Waals surface area contributed by atoms with E-state index >= 15 is 0 Å².